The lowest BCUT2D eigenvalue weighted by atomic mass is 10.1. The Morgan fingerprint density at radius 3 is 2.62 bits per heavy atom. The van der Waals surface area contributed by atoms with Crippen molar-refractivity contribution in [2.75, 3.05) is 19.4 Å². The first-order valence-electron chi connectivity index (χ1n) is 7.19. The smallest absolute Gasteiger partial charge is 0.141 e. The minimum atomic E-state index is 0.680. The van der Waals surface area contributed by atoms with E-state index >= 15 is 0 Å². The summed E-state index contributed by atoms with van der Waals surface area (Å²) in [6, 6.07) is 12.1. The van der Waals surface area contributed by atoms with Gasteiger partial charge in [0.25, 0.3) is 0 Å². The number of aromatic nitrogens is 1. The molecule has 0 saturated heterocycles. The quantitative estimate of drug-likeness (QED) is 0.829. The fourth-order valence-electron chi connectivity index (χ4n) is 2.34. The number of rotatable bonds is 6. The zero-order valence-electron chi connectivity index (χ0n) is 13.0. The van der Waals surface area contributed by atoms with Gasteiger partial charge in [0.05, 0.1) is 18.5 Å². The van der Waals surface area contributed by atoms with Crippen LogP contribution >= 0.6 is 0 Å². The molecule has 2 N–H and O–H groups in total. The van der Waals surface area contributed by atoms with Crippen molar-refractivity contribution in [2.45, 2.75) is 26.9 Å². The van der Waals surface area contributed by atoms with Crippen molar-refractivity contribution < 1.29 is 4.74 Å². The van der Waals surface area contributed by atoms with Crippen LogP contribution in [0.15, 0.2) is 36.4 Å². The Balaban J connectivity index is 2.07. The first-order valence-corrected chi connectivity index (χ1v) is 7.19. The van der Waals surface area contributed by atoms with Crippen LogP contribution in [0.2, 0.25) is 0 Å². The van der Waals surface area contributed by atoms with Crippen molar-refractivity contribution in [3.05, 3.63) is 53.3 Å². The summed E-state index contributed by atoms with van der Waals surface area (Å²) >= 11 is 0. The number of pyridine rings is 1. The summed E-state index contributed by atoms with van der Waals surface area (Å²) in [4.78, 5) is 6.90. The van der Waals surface area contributed by atoms with Gasteiger partial charge in [-0.25, -0.2) is 0 Å². The number of aryl methyl sites for hydroxylation is 1. The second-order valence-corrected chi connectivity index (χ2v) is 5.15. The molecule has 2 aromatic rings. The van der Waals surface area contributed by atoms with Gasteiger partial charge in [0.15, 0.2) is 0 Å². The molecule has 0 aliphatic rings. The molecule has 0 aliphatic heterocycles. The second-order valence-electron chi connectivity index (χ2n) is 5.15. The highest BCUT2D eigenvalue weighted by Gasteiger charge is 2.08. The van der Waals surface area contributed by atoms with Crippen molar-refractivity contribution in [1.82, 2.24) is 9.88 Å². The molecule has 0 radical (unpaired) electrons. The average molecular weight is 285 g/mol. The van der Waals surface area contributed by atoms with Crippen molar-refractivity contribution in [2.24, 2.45) is 0 Å². The maximum Gasteiger partial charge on any atom is 0.141 e. The van der Waals surface area contributed by atoms with E-state index in [1.54, 1.807) is 7.11 Å². The Bertz CT molecular complexity index is 598. The average Bonchev–Trinajstić information content (AvgIpc) is 2.47. The molecule has 1 aromatic carbocycles. The lowest BCUT2D eigenvalue weighted by Gasteiger charge is -2.20. The van der Waals surface area contributed by atoms with Gasteiger partial charge in [-0.3, -0.25) is 9.88 Å². The molecule has 4 heteroatoms. The van der Waals surface area contributed by atoms with E-state index < -0.39 is 0 Å². The zero-order chi connectivity index (χ0) is 15.2. The first kappa shape index (κ1) is 15.3. The topological polar surface area (TPSA) is 51.4 Å². The molecule has 21 heavy (non-hydrogen) atoms. The van der Waals surface area contributed by atoms with E-state index in [-0.39, 0.29) is 0 Å². The summed E-state index contributed by atoms with van der Waals surface area (Å²) in [6.07, 6.45) is 0. The van der Waals surface area contributed by atoms with Gasteiger partial charge >= 0.3 is 0 Å². The number of benzene rings is 1. The van der Waals surface area contributed by atoms with Crippen LogP contribution in [0, 0.1) is 6.92 Å². The maximum absolute atomic E-state index is 5.97. The second kappa shape index (κ2) is 7.09. The van der Waals surface area contributed by atoms with E-state index in [0.717, 1.165) is 36.8 Å². The van der Waals surface area contributed by atoms with Gasteiger partial charge < -0.3 is 10.5 Å². The highest BCUT2D eigenvalue weighted by atomic mass is 16.5. The number of methoxy groups -OCH3 is 1. The molecule has 0 atom stereocenters. The standard InChI is InChI=1S/C17H23N3O/c1-4-20(12-15-7-5-6-13(2)19-15)11-14-8-9-17(21-3)16(18)10-14/h5-10H,4,11-12,18H2,1-3H3. The molecular weight excluding hydrogens is 262 g/mol. The van der Waals surface area contributed by atoms with E-state index in [1.807, 2.05) is 25.1 Å². The summed E-state index contributed by atoms with van der Waals surface area (Å²) < 4.78 is 5.19. The SMILES string of the molecule is CCN(Cc1ccc(OC)c(N)c1)Cc1cccc(C)n1. The van der Waals surface area contributed by atoms with E-state index in [9.17, 15) is 0 Å². The fourth-order valence-corrected chi connectivity index (χ4v) is 2.34. The summed E-state index contributed by atoms with van der Waals surface area (Å²) in [5.74, 6) is 0.724. The molecule has 0 fully saturated rings. The molecule has 1 heterocycles. The summed E-state index contributed by atoms with van der Waals surface area (Å²) in [5, 5.41) is 0. The third-order valence-electron chi connectivity index (χ3n) is 3.48. The Morgan fingerprint density at radius 1 is 1.19 bits per heavy atom. The molecule has 4 nitrogen and oxygen atoms in total. The molecule has 2 rings (SSSR count). The van der Waals surface area contributed by atoms with E-state index in [4.69, 9.17) is 10.5 Å². The molecule has 0 saturated carbocycles. The third kappa shape index (κ3) is 4.20. The highest BCUT2D eigenvalue weighted by Crippen LogP contribution is 2.22. The van der Waals surface area contributed by atoms with Gasteiger partial charge in [0.1, 0.15) is 5.75 Å². The molecule has 0 amide bonds. The molecule has 0 bridgehead atoms. The third-order valence-corrected chi connectivity index (χ3v) is 3.48. The summed E-state index contributed by atoms with van der Waals surface area (Å²) in [5.41, 5.74) is 9.98. The number of ether oxygens (including phenoxy) is 1. The summed E-state index contributed by atoms with van der Waals surface area (Å²) in [7, 11) is 1.63. The van der Waals surface area contributed by atoms with Crippen molar-refractivity contribution in [3.8, 4) is 5.75 Å². The first-order chi connectivity index (χ1) is 10.1. The Kier molecular flexibility index (Phi) is 5.17. The lowest BCUT2D eigenvalue weighted by molar-refractivity contribution is 0.268. The Labute approximate surface area is 126 Å². The van der Waals surface area contributed by atoms with Gasteiger partial charge in [-0.2, -0.15) is 0 Å². The van der Waals surface area contributed by atoms with Crippen LogP contribution < -0.4 is 10.5 Å². The van der Waals surface area contributed by atoms with Gasteiger partial charge in [-0.1, -0.05) is 19.1 Å². The fraction of sp³-hybridized carbons (Fsp3) is 0.353. The molecule has 1 aromatic heterocycles. The Hall–Kier alpha value is -2.07. The highest BCUT2D eigenvalue weighted by molar-refractivity contribution is 5.54. The van der Waals surface area contributed by atoms with Crippen LogP contribution in [0.1, 0.15) is 23.9 Å². The van der Waals surface area contributed by atoms with E-state index in [1.165, 1.54) is 5.56 Å². The number of nitrogen functional groups attached to an aromatic ring is 1. The Morgan fingerprint density at radius 2 is 2.00 bits per heavy atom. The molecule has 0 spiro atoms. The van der Waals surface area contributed by atoms with Crippen LogP contribution in [0.5, 0.6) is 5.75 Å². The van der Waals surface area contributed by atoms with Gasteiger partial charge in [0.2, 0.25) is 0 Å². The summed E-state index contributed by atoms with van der Waals surface area (Å²) in [6.45, 7) is 6.82. The van der Waals surface area contributed by atoms with Crippen molar-refractivity contribution in [1.29, 1.82) is 0 Å². The minimum Gasteiger partial charge on any atom is -0.495 e. The van der Waals surface area contributed by atoms with Crippen LogP contribution in [0.25, 0.3) is 0 Å². The van der Waals surface area contributed by atoms with Gasteiger partial charge in [0, 0.05) is 18.8 Å². The van der Waals surface area contributed by atoms with Crippen molar-refractivity contribution >= 4 is 5.69 Å². The van der Waals surface area contributed by atoms with Crippen LogP contribution in [0.3, 0.4) is 0 Å². The van der Waals surface area contributed by atoms with Crippen LogP contribution in [0.4, 0.5) is 5.69 Å². The lowest BCUT2D eigenvalue weighted by Crippen LogP contribution is -2.23. The monoisotopic (exact) mass is 285 g/mol. The molecular formula is C17H23N3O. The van der Waals surface area contributed by atoms with Crippen LogP contribution in [-0.2, 0) is 13.1 Å². The zero-order valence-corrected chi connectivity index (χ0v) is 13.0. The maximum atomic E-state index is 5.97. The number of anilines is 1. The van der Waals surface area contributed by atoms with Crippen LogP contribution in [-0.4, -0.2) is 23.5 Å². The molecule has 0 unspecified atom stereocenters. The van der Waals surface area contributed by atoms with Gasteiger partial charge in [-0.15, -0.1) is 0 Å². The predicted molar refractivity (Wildman–Crippen MR) is 86.2 cm³/mol. The number of nitrogens with two attached hydrogens (primary N) is 1. The molecule has 0 aliphatic carbocycles. The van der Waals surface area contributed by atoms with E-state index in [0.29, 0.717) is 5.69 Å². The largest absolute Gasteiger partial charge is 0.495 e. The normalized spacial score (nSPS) is 10.9. The van der Waals surface area contributed by atoms with Crippen molar-refractivity contribution in [3.63, 3.8) is 0 Å². The number of hydrogen-bond donors (Lipinski definition) is 1. The number of nitrogens with zero attached hydrogens (tertiary/aromatic N) is 2. The molecule has 112 valence electrons. The number of hydrogen-bond acceptors (Lipinski definition) is 4. The predicted octanol–water partition coefficient (Wildman–Crippen LogP) is 3.00. The van der Waals surface area contributed by atoms with Gasteiger partial charge in [-0.05, 0) is 43.3 Å². The van der Waals surface area contributed by atoms with E-state index in [2.05, 4.69) is 35.0 Å². The minimum absolute atomic E-state index is 0.680.